The van der Waals surface area contributed by atoms with Gasteiger partial charge in [-0.15, -0.1) is 0 Å². The number of ether oxygens (including phenoxy) is 1. The summed E-state index contributed by atoms with van der Waals surface area (Å²) in [6.07, 6.45) is 0.466. The third kappa shape index (κ3) is 5.02. The van der Waals surface area contributed by atoms with Gasteiger partial charge in [0.2, 0.25) is 5.91 Å². The van der Waals surface area contributed by atoms with E-state index in [1.807, 2.05) is 25.7 Å². The minimum atomic E-state index is 0.0421. The van der Waals surface area contributed by atoms with Crippen LogP contribution in [-0.2, 0) is 23.1 Å². The molecule has 0 saturated heterocycles. The Balaban J connectivity index is 2.72. The molecule has 1 aromatic rings. The highest BCUT2D eigenvalue weighted by atomic mass is 16.5. The first-order valence-electron chi connectivity index (χ1n) is 7.15. The van der Waals surface area contributed by atoms with Gasteiger partial charge in [-0.25, -0.2) is 0 Å². The molecule has 1 amide bonds. The zero-order valence-corrected chi connectivity index (χ0v) is 13.7. The van der Waals surface area contributed by atoms with Crippen molar-refractivity contribution >= 4 is 11.7 Å². The molecule has 0 bridgehead atoms. The topological polar surface area (TPSA) is 71.4 Å². The van der Waals surface area contributed by atoms with E-state index in [0.29, 0.717) is 19.6 Å². The third-order valence-corrected chi connectivity index (χ3v) is 3.41. The lowest BCUT2D eigenvalue weighted by Crippen LogP contribution is -2.29. The number of hydrogen-bond acceptors (Lipinski definition) is 5. The molecule has 0 aliphatic carbocycles. The Kier molecular flexibility index (Phi) is 7.18. The number of anilines is 1. The van der Waals surface area contributed by atoms with E-state index < -0.39 is 0 Å². The minimum absolute atomic E-state index is 0.0421. The summed E-state index contributed by atoms with van der Waals surface area (Å²) in [7, 11) is 7.26. The first-order valence-corrected chi connectivity index (χ1v) is 7.15. The fourth-order valence-corrected chi connectivity index (χ4v) is 2.26. The van der Waals surface area contributed by atoms with Gasteiger partial charge < -0.3 is 20.3 Å². The fraction of sp³-hybridized carbons (Fsp3) is 0.714. The predicted octanol–water partition coefficient (Wildman–Crippen LogP) is 0.0368. The standard InChI is InChI=1S/C14H27N5O2/c1-11-12(10-16-7-9-21-5)14(19(4)17-11)18(3)8-6-13(20)15-2/h16H,6-10H2,1-5H3,(H,15,20). The van der Waals surface area contributed by atoms with Crippen LogP contribution in [0, 0.1) is 6.92 Å². The molecule has 1 heterocycles. The summed E-state index contributed by atoms with van der Waals surface area (Å²) < 4.78 is 6.90. The van der Waals surface area contributed by atoms with Gasteiger partial charge in [0.15, 0.2) is 0 Å². The summed E-state index contributed by atoms with van der Waals surface area (Å²) in [6.45, 7) is 4.88. The van der Waals surface area contributed by atoms with E-state index >= 15 is 0 Å². The number of nitrogens with zero attached hydrogens (tertiary/aromatic N) is 3. The first kappa shape index (κ1) is 17.5. The predicted molar refractivity (Wildman–Crippen MR) is 83.5 cm³/mol. The fourth-order valence-electron chi connectivity index (χ4n) is 2.26. The highest BCUT2D eigenvalue weighted by Gasteiger charge is 2.17. The van der Waals surface area contributed by atoms with Crippen molar-refractivity contribution in [3.63, 3.8) is 0 Å². The molecule has 21 heavy (non-hydrogen) atoms. The van der Waals surface area contributed by atoms with E-state index in [2.05, 4.69) is 20.6 Å². The lowest BCUT2D eigenvalue weighted by molar-refractivity contribution is -0.120. The molecule has 1 aromatic heterocycles. The number of hydrogen-bond donors (Lipinski definition) is 2. The maximum atomic E-state index is 11.4. The second-order valence-electron chi connectivity index (χ2n) is 5.03. The van der Waals surface area contributed by atoms with Gasteiger partial charge in [-0.2, -0.15) is 5.10 Å². The number of nitrogens with one attached hydrogen (secondary N) is 2. The molecule has 0 aliphatic rings. The Labute approximate surface area is 126 Å². The molecule has 0 aromatic carbocycles. The van der Waals surface area contributed by atoms with Gasteiger partial charge in [-0.1, -0.05) is 0 Å². The molecule has 0 atom stereocenters. The van der Waals surface area contributed by atoms with Gasteiger partial charge in [-0.3, -0.25) is 9.48 Å². The molecule has 0 spiro atoms. The Morgan fingerprint density at radius 3 is 2.81 bits per heavy atom. The van der Waals surface area contributed by atoms with Crippen molar-refractivity contribution in [2.24, 2.45) is 7.05 Å². The lowest BCUT2D eigenvalue weighted by atomic mass is 10.2. The summed E-state index contributed by atoms with van der Waals surface area (Å²) in [6, 6.07) is 0. The normalized spacial score (nSPS) is 10.7. The second-order valence-corrected chi connectivity index (χ2v) is 5.03. The van der Waals surface area contributed by atoms with E-state index in [-0.39, 0.29) is 5.91 Å². The number of rotatable bonds is 9. The van der Waals surface area contributed by atoms with Crippen LogP contribution in [0.5, 0.6) is 0 Å². The summed E-state index contributed by atoms with van der Waals surface area (Å²) in [5, 5.41) is 10.5. The zero-order chi connectivity index (χ0) is 15.8. The van der Waals surface area contributed by atoms with Crippen LogP contribution in [-0.4, -0.2) is 56.6 Å². The Bertz CT molecular complexity index is 458. The Hall–Kier alpha value is -1.60. The molecule has 0 radical (unpaired) electrons. The van der Waals surface area contributed by atoms with Crippen LogP contribution in [0.25, 0.3) is 0 Å². The van der Waals surface area contributed by atoms with E-state index in [9.17, 15) is 4.79 Å². The van der Waals surface area contributed by atoms with E-state index in [0.717, 1.165) is 30.2 Å². The molecule has 7 heteroatoms. The van der Waals surface area contributed by atoms with Crippen LogP contribution in [0.2, 0.25) is 0 Å². The van der Waals surface area contributed by atoms with Crippen molar-refractivity contribution in [1.29, 1.82) is 0 Å². The highest BCUT2D eigenvalue weighted by Crippen LogP contribution is 2.22. The maximum Gasteiger partial charge on any atom is 0.221 e. The molecular weight excluding hydrogens is 270 g/mol. The minimum Gasteiger partial charge on any atom is -0.383 e. The van der Waals surface area contributed by atoms with Gasteiger partial charge in [0.1, 0.15) is 5.82 Å². The summed E-state index contributed by atoms with van der Waals surface area (Å²) in [5.41, 5.74) is 2.16. The zero-order valence-electron chi connectivity index (χ0n) is 13.7. The van der Waals surface area contributed by atoms with Gasteiger partial charge in [-0.05, 0) is 6.92 Å². The Morgan fingerprint density at radius 1 is 1.48 bits per heavy atom. The number of aromatic nitrogens is 2. The van der Waals surface area contributed by atoms with Crippen molar-refractivity contribution in [3.05, 3.63) is 11.3 Å². The Morgan fingerprint density at radius 2 is 2.19 bits per heavy atom. The summed E-state index contributed by atoms with van der Waals surface area (Å²) in [5.74, 6) is 1.09. The average molecular weight is 297 g/mol. The van der Waals surface area contributed by atoms with Crippen LogP contribution in [0.4, 0.5) is 5.82 Å². The maximum absolute atomic E-state index is 11.4. The monoisotopic (exact) mass is 297 g/mol. The smallest absolute Gasteiger partial charge is 0.221 e. The van der Waals surface area contributed by atoms with Gasteiger partial charge in [0, 0.05) is 59.9 Å². The highest BCUT2D eigenvalue weighted by molar-refractivity contribution is 5.76. The van der Waals surface area contributed by atoms with Gasteiger partial charge >= 0.3 is 0 Å². The molecule has 0 fully saturated rings. The number of carbonyl (C=O) groups is 1. The van der Waals surface area contributed by atoms with E-state index in [4.69, 9.17) is 4.74 Å². The van der Waals surface area contributed by atoms with Gasteiger partial charge in [0.25, 0.3) is 0 Å². The molecule has 0 saturated carbocycles. The first-order chi connectivity index (χ1) is 10.0. The largest absolute Gasteiger partial charge is 0.383 e. The van der Waals surface area contributed by atoms with E-state index in [1.54, 1.807) is 14.2 Å². The quantitative estimate of drug-likeness (QED) is 0.630. The van der Waals surface area contributed by atoms with Crippen molar-refractivity contribution in [2.45, 2.75) is 19.9 Å². The van der Waals surface area contributed by atoms with Crippen molar-refractivity contribution in [3.8, 4) is 0 Å². The van der Waals surface area contributed by atoms with Crippen molar-refractivity contribution in [1.82, 2.24) is 20.4 Å². The van der Waals surface area contributed by atoms with Crippen LogP contribution in [0.15, 0.2) is 0 Å². The van der Waals surface area contributed by atoms with Crippen LogP contribution < -0.4 is 15.5 Å². The van der Waals surface area contributed by atoms with Crippen molar-refractivity contribution < 1.29 is 9.53 Å². The molecular formula is C14H27N5O2. The third-order valence-electron chi connectivity index (χ3n) is 3.41. The second kappa shape index (κ2) is 8.63. The average Bonchev–Trinajstić information content (AvgIpc) is 2.74. The number of aryl methyl sites for hydroxylation is 2. The van der Waals surface area contributed by atoms with Crippen LogP contribution in [0.3, 0.4) is 0 Å². The molecule has 120 valence electrons. The molecule has 0 unspecified atom stereocenters. The van der Waals surface area contributed by atoms with Gasteiger partial charge in [0.05, 0.1) is 12.3 Å². The van der Waals surface area contributed by atoms with E-state index in [1.165, 1.54) is 0 Å². The summed E-state index contributed by atoms with van der Waals surface area (Å²) >= 11 is 0. The summed E-state index contributed by atoms with van der Waals surface area (Å²) in [4.78, 5) is 13.5. The number of methoxy groups -OCH3 is 1. The van der Waals surface area contributed by atoms with Crippen molar-refractivity contribution in [2.75, 3.05) is 45.8 Å². The SMILES string of the molecule is CNC(=O)CCN(C)c1c(CNCCOC)c(C)nn1C. The van der Waals surface area contributed by atoms with Crippen LogP contribution in [0.1, 0.15) is 17.7 Å². The molecule has 1 rings (SSSR count). The molecule has 7 nitrogen and oxygen atoms in total. The lowest BCUT2D eigenvalue weighted by Gasteiger charge is -2.21. The number of amides is 1. The molecule has 2 N–H and O–H groups in total. The number of carbonyl (C=O) groups excluding carboxylic acids is 1. The molecule has 0 aliphatic heterocycles. The van der Waals surface area contributed by atoms with Crippen LogP contribution >= 0.6 is 0 Å².